The monoisotopic (exact) mass is 264 g/mol. The molecule has 1 heterocycles. The Bertz CT molecular complexity index is 658. The molecule has 5 heteroatoms. The summed E-state index contributed by atoms with van der Waals surface area (Å²) < 4.78 is 5.18. The van der Waals surface area contributed by atoms with Crippen LogP contribution in [0.15, 0.2) is 28.9 Å². The lowest BCUT2D eigenvalue weighted by atomic mass is 10.0. The fraction of sp³-hybridized carbons (Fsp3) is 0.231. The van der Waals surface area contributed by atoms with Crippen molar-refractivity contribution in [2.45, 2.75) is 6.42 Å². The van der Waals surface area contributed by atoms with Gasteiger partial charge in [0.1, 0.15) is 0 Å². The average Bonchev–Trinajstić information content (AvgIpc) is 2.99. The molecule has 0 saturated heterocycles. The Hall–Kier alpha value is -1.81. The first-order valence-electron chi connectivity index (χ1n) is 5.51. The van der Waals surface area contributed by atoms with Gasteiger partial charge in [0.2, 0.25) is 0 Å². The zero-order valence-electron chi connectivity index (χ0n) is 9.22. The van der Waals surface area contributed by atoms with E-state index < -0.39 is 17.8 Å². The summed E-state index contributed by atoms with van der Waals surface area (Å²) in [5, 5.41) is 9.94. The van der Waals surface area contributed by atoms with Crippen LogP contribution < -0.4 is 0 Å². The lowest BCUT2D eigenvalue weighted by Gasteiger charge is -2.01. The van der Waals surface area contributed by atoms with Crippen LogP contribution in [0.3, 0.4) is 0 Å². The number of furan rings is 1. The van der Waals surface area contributed by atoms with Crippen molar-refractivity contribution in [1.82, 2.24) is 0 Å². The number of hydrogen-bond acceptors (Lipinski definition) is 3. The second kappa shape index (κ2) is 3.85. The van der Waals surface area contributed by atoms with E-state index in [0.29, 0.717) is 22.6 Å². The SMILES string of the molecule is O=C(O)C1C[C@@H]1C(=O)c1cc(Cl)c2occc2c1. The van der Waals surface area contributed by atoms with Crippen molar-refractivity contribution >= 4 is 34.3 Å². The highest BCUT2D eigenvalue weighted by atomic mass is 35.5. The normalized spacial score (nSPS) is 22.1. The van der Waals surface area contributed by atoms with E-state index in [-0.39, 0.29) is 5.78 Å². The van der Waals surface area contributed by atoms with Gasteiger partial charge in [-0.2, -0.15) is 0 Å². The highest BCUT2D eigenvalue weighted by Gasteiger charge is 2.48. The van der Waals surface area contributed by atoms with Gasteiger partial charge in [-0.05, 0) is 24.6 Å². The first kappa shape index (κ1) is 11.3. The summed E-state index contributed by atoms with van der Waals surface area (Å²) in [5.74, 6) is -2.03. The van der Waals surface area contributed by atoms with E-state index in [1.807, 2.05) is 0 Å². The van der Waals surface area contributed by atoms with E-state index in [2.05, 4.69) is 0 Å². The minimum atomic E-state index is -0.913. The summed E-state index contributed by atoms with van der Waals surface area (Å²) in [7, 11) is 0. The van der Waals surface area contributed by atoms with Crippen LogP contribution in [0.5, 0.6) is 0 Å². The summed E-state index contributed by atoms with van der Waals surface area (Å²) in [6, 6.07) is 4.94. The van der Waals surface area contributed by atoms with Crippen molar-refractivity contribution in [3.63, 3.8) is 0 Å². The zero-order valence-corrected chi connectivity index (χ0v) is 9.98. The van der Waals surface area contributed by atoms with Gasteiger partial charge in [0, 0.05) is 16.9 Å². The fourth-order valence-electron chi connectivity index (χ4n) is 2.15. The molecule has 0 bridgehead atoms. The predicted molar refractivity (Wildman–Crippen MR) is 64.8 cm³/mol. The van der Waals surface area contributed by atoms with Crippen LogP contribution in [-0.2, 0) is 4.79 Å². The summed E-state index contributed by atoms with van der Waals surface area (Å²) in [5.41, 5.74) is 0.987. The minimum absolute atomic E-state index is 0.160. The van der Waals surface area contributed by atoms with Gasteiger partial charge in [0.25, 0.3) is 0 Å². The van der Waals surface area contributed by atoms with Crippen molar-refractivity contribution in [2.75, 3.05) is 0 Å². The van der Waals surface area contributed by atoms with Crippen LogP contribution in [0.2, 0.25) is 5.02 Å². The van der Waals surface area contributed by atoms with Crippen molar-refractivity contribution < 1.29 is 19.1 Å². The third kappa shape index (κ3) is 1.69. The minimum Gasteiger partial charge on any atom is -0.481 e. The molecule has 18 heavy (non-hydrogen) atoms. The molecule has 2 aromatic rings. The topological polar surface area (TPSA) is 67.5 Å². The van der Waals surface area contributed by atoms with Crippen LogP contribution in [0, 0.1) is 11.8 Å². The molecule has 1 aromatic heterocycles. The van der Waals surface area contributed by atoms with E-state index in [1.54, 1.807) is 12.1 Å². The van der Waals surface area contributed by atoms with E-state index in [9.17, 15) is 9.59 Å². The summed E-state index contributed by atoms with van der Waals surface area (Å²) >= 11 is 6.01. The lowest BCUT2D eigenvalue weighted by Crippen LogP contribution is -2.08. The highest BCUT2D eigenvalue weighted by molar-refractivity contribution is 6.35. The Balaban J connectivity index is 1.95. The van der Waals surface area contributed by atoms with Gasteiger partial charge in [-0.1, -0.05) is 11.6 Å². The number of carboxylic acids is 1. The number of Topliss-reactive ketones (excluding diaryl/α,β-unsaturated/α-hetero) is 1. The number of halogens is 1. The van der Waals surface area contributed by atoms with Gasteiger partial charge in [0.15, 0.2) is 11.4 Å². The Labute approximate surface area is 107 Å². The first-order valence-corrected chi connectivity index (χ1v) is 5.89. The van der Waals surface area contributed by atoms with Crippen LogP contribution in [-0.4, -0.2) is 16.9 Å². The van der Waals surface area contributed by atoms with Gasteiger partial charge >= 0.3 is 5.97 Å². The van der Waals surface area contributed by atoms with Gasteiger partial charge < -0.3 is 9.52 Å². The number of fused-ring (bicyclic) bond motifs is 1. The molecule has 0 radical (unpaired) electrons. The van der Waals surface area contributed by atoms with Crippen molar-refractivity contribution in [3.05, 3.63) is 35.0 Å². The molecule has 2 atom stereocenters. The quantitative estimate of drug-likeness (QED) is 0.866. The average molecular weight is 265 g/mol. The van der Waals surface area contributed by atoms with E-state index in [4.69, 9.17) is 21.1 Å². The molecule has 92 valence electrons. The summed E-state index contributed by atoms with van der Waals surface area (Å²) in [6.07, 6.45) is 1.91. The van der Waals surface area contributed by atoms with Crippen LogP contribution in [0.1, 0.15) is 16.8 Å². The van der Waals surface area contributed by atoms with E-state index >= 15 is 0 Å². The van der Waals surface area contributed by atoms with Gasteiger partial charge in [-0.15, -0.1) is 0 Å². The Morgan fingerprint density at radius 3 is 2.78 bits per heavy atom. The summed E-state index contributed by atoms with van der Waals surface area (Å²) in [6.45, 7) is 0. The van der Waals surface area contributed by atoms with Gasteiger partial charge in [0.05, 0.1) is 17.2 Å². The number of aliphatic carboxylic acids is 1. The van der Waals surface area contributed by atoms with Gasteiger partial charge in [-0.3, -0.25) is 9.59 Å². The molecule has 1 aromatic carbocycles. The Kier molecular flexibility index (Phi) is 2.41. The highest BCUT2D eigenvalue weighted by Crippen LogP contribution is 2.42. The number of carbonyl (C=O) groups excluding carboxylic acids is 1. The van der Waals surface area contributed by atoms with Crippen molar-refractivity contribution in [2.24, 2.45) is 11.8 Å². The molecule has 1 aliphatic rings. The third-order valence-corrected chi connectivity index (χ3v) is 3.52. The Morgan fingerprint density at radius 2 is 2.11 bits per heavy atom. The number of benzene rings is 1. The standard InChI is InChI=1S/C13H9ClO4/c14-10-4-7(3-6-1-2-18-12(6)10)11(15)8-5-9(8)13(16)17/h1-4,8-9H,5H2,(H,16,17)/t8-,9?/m0/s1. The van der Waals surface area contributed by atoms with Crippen molar-refractivity contribution in [3.8, 4) is 0 Å². The molecule has 3 rings (SSSR count). The smallest absolute Gasteiger partial charge is 0.307 e. The van der Waals surface area contributed by atoms with Crippen LogP contribution >= 0.6 is 11.6 Å². The maximum atomic E-state index is 12.1. The fourth-order valence-corrected chi connectivity index (χ4v) is 2.42. The molecule has 1 aliphatic carbocycles. The number of carboxylic acid groups (broad SMARTS) is 1. The molecule has 0 amide bonds. The largest absolute Gasteiger partial charge is 0.481 e. The molecule has 0 aliphatic heterocycles. The Morgan fingerprint density at radius 1 is 1.33 bits per heavy atom. The number of ketones is 1. The lowest BCUT2D eigenvalue weighted by molar-refractivity contribution is -0.138. The van der Waals surface area contributed by atoms with Gasteiger partial charge in [-0.25, -0.2) is 0 Å². The summed E-state index contributed by atoms with van der Waals surface area (Å²) in [4.78, 5) is 22.8. The second-order valence-electron chi connectivity index (χ2n) is 4.45. The number of rotatable bonds is 3. The van der Waals surface area contributed by atoms with Crippen LogP contribution in [0.25, 0.3) is 11.0 Å². The van der Waals surface area contributed by atoms with Crippen LogP contribution in [0.4, 0.5) is 0 Å². The molecule has 4 nitrogen and oxygen atoms in total. The molecule has 1 fully saturated rings. The molecule has 1 saturated carbocycles. The third-order valence-electron chi connectivity index (χ3n) is 3.23. The molecular weight excluding hydrogens is 256 g/mol. The second-order valence-corrected chi connectivity index (χ2v) is 4.86. The van der Waals surface area contributed by atoms with Crippen molar-refractivity contribution in [1.29, 1.82) is 0 Å². The number of carbonyl (C=O) groups is 2. The molecule has 1 unspecified atom stereocenters. The number of hydrogen-bond donors (Lipinski definition) is 1. The molecule has 0 spiro atoms. The zero-order chi connectivity index (χ0) is 12.9. The predicted octanol–water partition coefficient (Wildman–Crippen LogP) is 2.99. The molecular formula is C13H9ClO4. The molecule has 1 N–H and O–H groups in total. The van der Waals surface area contributed by atoms with E-state index in [1.165, 1.54) is 12.3 Å². The first-order chi connectivity index (χ1) is 8.58. The maximum absolute atomic E-state index is 12.1. The van der Waals surface area contributed by atoms with E-state index in [0.717, 1.165) is 5.39 Å². The maximum Gasteiger partial charge on any atom is 0.307 e.